The molecule has 0 radical (unpaired) electrons. The molecule has 0 saturated heterocycles. The maximum absolute atomic E-state index is 12.0. The summed E-state index contributed by atoms with van der Waals surface area (Å²) in [6.45, 7) is 0. The second-order valence-electron chi connectivity index (χ2n) is 5.79. The van der Waals surface area contributed by atoms with Gasteiger partial charge in [0.25, 0.3) is 5.56 Å². The molecule has 4 rings (SSSR count). The lowest BCUT2D eigenvalue weighted by Crippen LogP contribution is -2.21. The summed E-state index contributed by atoms with van der Waals surface area (Å²) >= 11 is 4.53. The monoisotopic (exact) mass is 379 g/mol. The maximum Gasteiger partial charge on any atom is 0.268 e. The zero-order valence-electron chi connectivity index (χ0n) is 12.9. The molecule has 0 unspecified atom stereocenters. The Balaban J connectivity index is 1.39. The van der Waals surface area contributed by atoms with Crippen LogP contribution < -0.4 is 10.9 Å². The Morgan fingerprint density at radius 2 is 2.17 bits per heavy atom. The molecule has 0 atom stereocenters. The van der Waals surface area contributed by atoms with Gasteiger partial charge in [-0.1, -0.05) is 42.4 Å². The van der Waals surface area contributed by atoms with Crippen molar-refractivity contribution >= 4 is 49.8 Å². The summed E-state index contributed by atoms with van der Waals surface area (Å²) in [6, 6.07) is 2.41. The summed E-state index contributed by atoms with van der Waals surface area (Å²) in [7, 11) is 0. The fraction of sp³-hybridized carbons (Fsp3) is 0.467. The third kappa shape index (κ3) is 3.62. The zero-order valence-corrected chi connectivity index (χ0v) is 15.4. The first kappa shape index (κ1) is 16.0. The van der Waals surface area contributed by atoms with Crippen LogP contribution in [0.5, 0.6) is 0 Å². The molecule has 0 aromatic carbocycles. The number of thiophene rings is 1. The van der Waals surface area contributed by atoms with Crippen molar-refractivity contribution in [1.29, 1.82) is 0 Å². The third-order valence-electron chi connectivity index (χ3n) is 4.04. The van der Waals surface area contributed by atoms with E-state index in [4.69, 9.17) is 0 Å². The Morgan fingerprint density at radius 1 is 1.29 bits per heavy atom. The van der Waals surface area contributed by atoms with Gasteiger partial charge in [0.05, 0.1) is 11.3 Å². The van der Waals surface area contributed by atoms with Gasteiger partial charge >= 0.3 is 0 Å². The fourth-order valence-electron chi connectivity index (χ4n) is 2.87. The van der Waals surface area contributed by atoms with Gasteiger partial charge in [0.2, 0.25) is 5.13 Å². The van der Waals surface area contributed by atoms with Gasteiger partial charge in [-0.15, -0.1) is 21.5 Å². The van der Waals surface area contributed by atoms with Crippen molar-refractivity contribution in [2.24, 2.45) is 0 Å². The summed E-state index contributed by atoms with van der Waals surface area (Å²) in [5.74, 6) is 1.26. The lowest BCUT2D eigenvalue weighted by Gasteiger charge is -2.21. The van der Waals surface area contributed by atoms with E-state index in [1.165, 1.54) is 43.4 Å². The van der Waals surface area contributed by atoms with E-state index in [1.54, 1.807) is 23.1 Å². The molecule has 0 bridgehead atoms. The van der Waals surface area contributed by atoms with Crippen molar-refractivity contribution in [3.8, 4) is 0 Å². The van der Waals surface area contributed by atoms with Crippen LogP contribution in [-0.2, 0) is 5.75 Å². The molecule has 24 heavy (non-hydrogen) atoms. The van der Waals surface area contributed by atoms with Crippen molar-refractivity contribution in [1.82, 2.24) is 20.2 Å². The molecular weight excluding hydrogens is 362 g/mol. The predicted molar refractivity (Wildman–Crippen MR) is 100 cm³/mol. The lowest BCUT2D eigenvalue weighted by atomic mass is 9.96. The van der Waals surface area contributed by atoms with E-state index in [2.05, 4.69) is 25.5 Å². The largest absolute Gasteiger partial charge is 0.357 e. The maximum atomic E-state index is 12.0. The smallest absolute Gasteiger partial charge is 0.268 e. The highest BCUT2D eigenvalue weighted by Crippen LogP contribution is 2.29. The summed E-state index contributed by atoms with van der Waals surface area (Å²) in [5, 5.41) is 14.7. The van der Waals surface area contributed by atoms with E-state index in [0.717, 1.165) is 15.0 Å². The molecule has 1 fully saturated rings. The minimum Gasteiger partial charge on any atom is -0.357 e. The second-order valence-corrected chi connectivity index (χ2v) is 8.90. The minimum atomic E-state index is -0.0671. The average molecular weight is 380 g/mol. The number of thioether (sulfide) groups is 1. The van der Waals surface area contributed by atoms with Crippen molar-refractivity contribution in [3.63, 3.8) is 0 Å². The van der Waals surface area contributed by atoms with E-state index in [-0.39, 0.29) is 5.56 Å². The standard InChI is InChI=1S/C15H17N5OS3/c21-13-12-10(6-7-22-12)17-11(18-13)8-23-15-20-19-14(24-15)16-9-4-2-1-3-5-9/h6-7,9H,1-5,8H2,(H,16,19)(H,17,18,21). The van der Waals surface area contributed by atoms with Crippen LogP contribution in [0, 0.1) is 0 Å². The molecule has 1 aliphatic rings. The van der Waals surface area contributed by atoms with Gasteiger partial charge in [0.1, 0.15) is 10.5 Å². The topological polar surface area (TPSA) is 83.6 Å². The highest BCUT2D eigenvalue weighted by Gasteiger charge is 2.15. The number of nitrogens with zero attached hydrogens (tertiary/aromatic N) is 3. The molecule has 126 valence electrons. The molecular formula is C15H17N5OS3. The molecule has 1 saturated carbocycles. The van der Waals surface area contributed by atoms with Crippen LogP contribution in [-0.4, -0.2) is 26.2 Å². The van der Waals surface area contributed by atoms with E-state index >= 15 is 0 Å². The fourth-order valence-corrected chi connectivity index (χ4v) is 5.29. The first-order chi connectivity index (χ1) is 11.8. The van der Waals surface area contributed by atoms with Crippen molar-refractivity contribution in [2.45, 2.75) is 48.2 Å². The Kier molecular flexibility index (Phi) is 4.81. The molecule has 3 aromatic heterocycles. The van der Waals surface area contributed by atoms with E-state index in [1.807, 2.05) is 11.4 Å². The number of H-pyrrole nitrogens is 1. The molecule has 1 aliphatic carbocycles. The lowest BCUT2D eigenvalue weighted by molar-refractivity contribution is 0.462. The van der Waals surface area contributed by atoms with E-state index in [9.17, 15) is 4.79 Å². The van der Waals surface area contributed by atoms with Crippen LogP contribution in [0.3, 0.4) is 0 Å². The Labute approximate surface area is 151 Å². The Hall–Kier alpha value is -1.45. The summed E-state index contributed by atoms with van der Waals surface area (Å²) in [5.41, 5.74) is 0.693. The Bertz CT molecular complexity index is 880. The number of hydrogen-bond acceptors (Lipinski definition) is 8. The van der Waals surface area contributed by atoms with Crippen LogP contribution in [0.15, 0.2) is 20.6 Å². The molecule has 3 aromatic rings. The average Bonchev–Trinajstić information content (AvgIpc) is 3.23. The van der Waals surface area contributed by atoms with Crippen LogP contribution >= 0.6 is 34.4 Å². The molecule has 3 heterocycles. The Morgan fingerprint density at radius 3 is 3.04 bits per heavy atom. The quantitative estimate of drug-likeness (QED) is 0.655. The molecule has 6 nitrogen and oxygen atoms in total. The van der Waals surface area contributed by atoms with Gasteiger partial charge in [-0.05, 0) is 24.3 Å². The summed E-state index contributed by atoms with van der Waals surface area (Å²) in [6.07, 6.45) is 6.36. The van der Waals surface area contributed by atoms with Crippen molar-refractivity contribution in [2.75, 3.05) is 5.32 Å². The molecule has 2 N–H and O–H groups in total. The number of aromatic nitrogens is 4. The number of fused-ring (bicyclic) bond motifs is 1. The van der Waals surface area contributed by atoms with Crippen molar-refractivity contribution < 1.29 is 0 Å². The van der Waals surface area contributed by atoms with E-state index in [0.29, 0.717) is 22.3 Å². The van der Waals surface area contributed by atoms with Gasteiger partial charge in [0, 0.05) is 6.04 Å². The molecule has 9 heteroatoms. The second kappa shape index (κ2) is 7.20. The normalized spacial score (nSPS) is 15.8. The highest BCUT2D eigenvalue weighted by molar-refractivity contribution is 8.00. The SMILES string of the molecule is O=c1[nH]c(CSc2nnc(NC3CCCCC3)s2)nc2ccsc12. The first-order valence-corrected chi connectivity index (χ1v) is 10.7. The molecule has 0 aliphatic heterocycles. The van der Waals surface area contributed by atoms with Crippen LogP contribution in [0.2, 0.25) is 0 Å². The van der Waals surface area contributed by atoms with Gasteiger partial charge in [-0.2, -0.15) is 0 Å². The van der Waals surface area contributed by atoms with Gasteiger partial charge in [-0.25, -0.2) is 4.98 Å². The predicted octanol–water partition coefficient (Wildman–Crippen LogP) is 3.87. The van der Waals surface area contributed by atoms with Crippen molar-refractivity contribution in [3.05, 3.63) is 27.6 Å². The number of aromatic amines is 1. The summed E-state index contributed by atoms with van der Waals surface area (Å²) < 4.78 is 1.57. The number of nitrogens with one attached hydrogen (secondary N) is 2. The van der Waals surface area contributed by atoms with Crippen LogP contribution in [0.1, 0.15) is 37.9 Å². The van der Waals surface area contributed by atoms with Gasteiger partial charge < -0.3 is 10.3 Å². The van der Waals surface area contributed by atoms with Gasteiger partial charge in [0.15, 0.2) is 4.34 Å². The number of rotatable bonds is 5. The highest BCUT2D eigenvalue weighted by atomic mass is 32.2. The zero-order chi connectivity index (χ0) is 16.4. The number of hydrogen-bond donors (Lipinski definition) is 2. The molecule has 0 amide bonds. The van der Waals surface area contributed by atoms with Crippen LogP contribution in [0.4, 0.5) is 5.13 Å². The van der Waals surface area contributed by atoms with E-state index < -0.39 is 0 Å². The molecule has 0 spiro atoms. The summed E-state index contributed by atoms with van der Waals surface area (Å²) in [4.78, 5) is 19.3. The first-order valence-electron chi connectivity index (χ1n) is 7.97. The number of anilines is 1. The van der Waals surface area contributed by atoms with Crippen LogP contribution in [0.25, 0.3) is 10.2 Å². The third-order valence-corrected chi connectivity index (χ3v) is 6.94. The van der Waals surface area contributed by atoms with Gasteiger partial charge in [-0.3, -0.25) is 4.79 Å². The minimum absolute atomic E-state index is 0.0671.